The van der Waals surface area contributed by atoms with Crippen LogP contribution in [0, 0.1) is 19.7 Å². The monoisotopic (exact) mass is 442 g/mol. The summed E-state index contributed by atoms with van der Waals surface area (Å²) in [5.41, 5.74) is 3.66. The van der Waals surface area contributed by atoms with Crippen molar-refractivity contribution in [1.82, 2.24) is 4.98 Å². The van der Waals surface area contributed by atoms with Gasteiger partial charge < -0.3 is 14.2 Å². The molecule has 0 atom stereocenters. The van der Waals surface area contributed by atoms with E-state index in [0.717, 1.165) is 16.5 Å². The molecule has 3 heterocycles. The molecule has 0 aliphatic carbocycles. The highest BCUT2D eigenvalue weighted by atomic mass is 19.1. The molecule has 7 heteroatoms. The number of aromatic nitrogens is 1. The zero-order valence-electron chi connectivity index (χ0n) is 17.9. The number of nitrogens with zero attached hydrogens (tertiary/aromatic N) is 1. The lowest BCUT2D eigenvalue weighted by molar-refractivity contribution is -0.115. The standard InChI is InChI=1S/C26H19FN2O4/c1-14-18-11-20-21(16-6-8-17(27)9-7-16)13-32-24(20)15(2)25(18)33-26(31)19(14)12-23(30)29-22-5-3-4-10-28-22/h3-11,13H,12H2,1-2H3,(H,28,29,30). The molecule has 0 spiro atoms. The number of rotatable bonds is 4. The van der Waals surface area contributed by atoms with E-state index in [9.17, 15) is 14.0 Å². The predicted molar refractivity (Wildman–Crippen MR) is 124 cm³/mol. The largest absolute Gasteiger partial charge is 0.463 e. The van der Waals surface area contributed by atoms with Crippen molar-refractivity contribution < 1.29 is 18.0 Å². The number of aryl methyl sites for hydroxylation is 2. The number of amides is 1. The number of benzene rings is 2. The van der Waals surface area contributed by atoms with Crippen LogP contribution in [0.4, 0.5) is 10.2 Å². The summed E-state index contributed by atoms with van der Waals surface area (Å²) in [6, 6.07) is 13.2. The van der Waals surface area contributed by atoms with E-state index >= 15 is 0 Å². The Labute approximate surface area is 187 Å². The van der Waals surface area contributed by atoms with E-state index in [1.165, 1.54) is 12.1 Å². The van der Waals surface area contributed by atoms with Crippen LogP contribution in [0.5, 0.6) is 0 Å². The first kappa shape index (κ1) is 20.6. The van der Waals surface area contributed by atoms with Gasteiger partial charge in [-0.25, -0.2) is 14.2 Å². The molecule has 0 saturated carbocycles. The third-order valence-corrected chi connectivity index (χ3v) is 5.77. The van der Waals surface area contributed by atoms with Gasteiger partial charge in [-0.2, -0.15) is 0 Å². The molecule has 1 amide bonds. The molecule has 1 N–H and O–H groups in total. The quantitative estimate of drug-likeness (QED) is 0.370. The van der Waals surface area contributed by atoms with E-state index < -0.39 is 5.63 Å². The van der Waals surface area contributed by atoms with Crippen molar-refractivity contribution in [3.63, 3.8) is 0 Å². The topological polar surface area (TPSA) is 85.3 Å². The zero-order chi connectivity index (χ0) is 23.1. The molecule has 5 rings (SSSR count). The Morgan fingerprint density at radius 1 is 1.03 bits per heavy atom. The van der Waals surface area contributed by atoms with Gasteiger partial charge >= 0.3 is 5.63 Å². The van der Waals surface area contributed by atoms with Gasteiger partial charge in [-0.15, -0.1) is 0 Å². The fraction of sp³-hybridized carbons (Fsp3) is 0.115. The number of hydrogen-bond acceptors (Lipinski definition) is 5. The highest BCUT2D eigenvalue weighted by Gasteiger charge is 2.20. The SMILES string of the molecule is Cc1c(CC(=O)Nc2ccccn2)c(=O)oc2c(C)c3occ(-c4ccc(F)cc4)c3cc12. The van der Waals surface area contributed by atoms with Gasteiger partial charge in [0.05, 0.1) is 18.2 Å². The van der Waals surface area contributed by atoms with E-state index in [-0.39, 0.29) is 23.7 Å². The maximum absolute atomic E-state index is 13.4. The molecule has 0 radical (unpaired) electrons. The Hall–Kier alpha value is -4.26. The smallest absolute Gasteiger partial charge is 0.340 e. The van der Waals surface area contributed by atoms with Gasteiger partial charge in [0, 0.05) is 28.1 Å². The Bertz CT molecular complexity index is 1570. The van der Waals surface area contributed by atoms with Crippen molar-refractivity contribution in [1.29, 1.82) is 0 Å². The van der Waals surface area contributed by atoms with Gasteiger partial charge in [-0.05, 0) is 55.3 Å². The van der Waals surface area contributed by atoms with Gasteiger partial charge in [0.15, 0.2) is 0 Å². The second-order valence-corrected chi connectivity index (χ2v) is 7.84. The summed E-state index contributed by atoms with van der Waals surface area (Å²) in [5.74, 6) is -0.277. The molecule has 0 unspecified atom stereocenters. The van der Waals surface area contributed by atoms with Crippen molar-refractivity contribution in [2.75, 3.05) is 5.32 Å². The normalized spacial score (nSPS) is 11.2. The van der Waals surface area contributed by atoms with Gasteiger partial charge in [0.25, 0.3) is 0 Å². The third kappa shape index (κ3) is 3.67. The van der Waals surface area contributed by atoms with Gasteiger partial charge in [-0.1, -0.05) is 18.2 Å². The first-order valence-electron chi connectivity index (χ1n) is 10.4. The Morgan fingerprint density at radius 2 is 1.82 bits per heavy atom. The Kier molecular flexibility index (Phi) is 5.01. The molecule has 33 heavy (non-hydrogen) atoms. The highest BCUT2D eigenvalue weighted by Crippen LogP contribution is 2.37. The number of anilines is 1. The number of furan rings is 1. The summed E-state index contributed by atoms with van der Waals surface area (Å²) in [5, 5.41) is 4.21. The molecule has 3 aromatic heterocycles. The van der Waals surface area contributed by atoms with Crippen LogP contribution in [0.15, 0.2) is 74.6 Å². The molecule has 164 valence electrons. The maximum atomic E-state index is 13.4. The van der Waals surface area contributed by atoms with Crippen LogP contribution in [0.25, 0.3) is 33.1 Å². The van der Waals surface area contributed by atoms with Crippen LogP contribution in [-0.2, 0) is 11.2 Å². The van der Waals surface area contributed by atoms with E-state index in [1.54, 1.807) is 49.7 Å². The molecule has 2 aromatic carbocycles. The molecule has 0 fully saturated rings. The summed E-state index contributed by atoms with van der Waals surface area (Å²) < 4.78 is 24.8. The first-order chi connectivity index (χ1) is 15.9. The van der Waals surface area contributed by atoms with Crippen molar-refractivity contribution in [3.05, 3.63) is 93.9 Å². The molecule has 0 bridgehead atoms. The number of carbonyl (C=O) groups excluding carboxylic acids is 1. The number of fused-ring (bicyclic) bond motifs is 2. The van der Waals surface area contributed by atoms with E-state index in [4.69, 9.17) is 8.83 Å². The molecular formula is C26H19FN2O4. The van der Waals surface area contributed by atoms with Gasteiger partial charge in [0.2, 0.25) is 5.91 Å². The van der Waals surface area contributed by atoms with E-state index in [1.807, 2.05) is 13.0 Å². The average Bonchev–Trinajstić information content (AvgIpc) is 3.23. The molecule has 6 nitrogen and oxygen atoms in total. The Balaban J connectivity index is 1.61. The van der Waals surface area contributed by atoms with Crippen LogP contribution >= 0.6 is 0 Å². The fourth-order valence-electron chi connectivity index (χ4n) is 4.04. The zero-order valence-corrected chi connectivity index (χ0v) is 17.9. The fourth-order valence-corrected chi connectivity index (χ4v) is 4.04. The lowest BCUT2D eigenvalue weighted by Crippen LogP contribution is -2.21. The molecule has 0 aliphatic rings. The number of hydrogen-bond donors (Lipinski definition) is 1. The van der Waals surface area contributed by atoms with Crippen molar-refractivity contribution >= 4 is 33.7 Å². The number of halogens is 1. The van der Waals surface area contributed by atoms with E-state index in [2.05, 4.69) is 10.3 Å². The molecule has 5 aromatic rings. The third-order valence-electron chi connectivity index (χ3n) is 5.77. The number of pyridine rings is 1. The van der Waals surface area contributed by atoms with Crippen LogP contribution < -0.4 is 10.9 Å². The number of carbonyl (C=O) groups is 1. The van der Waals surface area contributed by atoms with Crippen LogP contribution in [0.3, 0.4) is 0 Å². The maximum Gasteiger partial charge on any atom is 0.340 e. The van der Waals surface area contributed by atoms with Crippen molar-refractivity contribution in [3.8, 4) is 11.1 Å². The predicted octanol–water partition coefficient (Wildman–Crippen LogP) is 5.54. The second kappa shape index (κ2) is 8.02. The minimum Gasteiger partial charge on any atom is -0.463 e. The number of nitrogens with one attached hydrogen (secondary N) is 1. The summed E-state index contributed by atoms with van der Waals surface area (Å²) in [4.78, 5) is 29.4. The summed E-state index contributed by atoms with van der Waals surface area (Å²) in [6.45, 7) is 3.62. The first-order valence-corrected chi connectivity index (χ1v) is 10.4. The highest BCUT2D eigenvalue weighted by molar-refractivity contribution is 6.05. The molecule has 0 saturated heterocycles. The van der Waals surface area contributed by atoms with Crippen molar-refractivity contribution in [2.24, 2.45) is 0 Å². The van der Waals surface area contributed by atoms with E-state index in [0.29, 0.717) is 33.5 Å². The Morgan fingerprint density at radius 3 is 2.55 bits per heavy atom. The van der Waals surface area contributed by atoms with Gasteiger partial charge in [0.1, 0.15) is 22.8 Å². The molecular weight excluding hydrogens is 423 g/mol. The summed E-state index contributed by atoms with van der Waals surface area (Å²) in [7, 11) is 0. The van der Waals surface area contributed by atoms with Crippen LogP contribution in [-0.4, -0.2) is 10.9 Å². The lowest BCUT2D eigenvalue weighted by atomic mass is 9.97. The average molecular weight is 442 g/mol. The van der Waals surface area contributed by atoms with Gasteiger partial charge in [-0.3, -0.25) is 4.79 Å². The lowest BCUT2D eigenvalue weighted by Gasteiger charge is -2.10. The summed E-state index contributed by atoms with van der Waals surface area (Å²) >= 11 is 0. The van der Waals surface area contributed by atoms with Crippen molar-refractivity contribution in [2.45, 2.75) is 20.3 Å². The molecule has 0 aliphatic heterocycles. The summed E-state index contributed by atoms with van der Waals surface area (Å²) in [6.07, 6.45) is 3.04. The van der Waals surface area contributed by atoms with Crippen LogP contribution in [0.2, 0.25) is 0 Å². The second-order valence-electron chi connectivity index (χ2n) is 7.84. The van der Waals surface area contributed by atoms with Crippen LogP contribution in [0.1, 0.15) is 16.7 Å². The minimum atomic E-state index is -0.566. The minimum absolute atomic E-state index is 0.145.